The Morgan fingerprint density at radius 2 is 2.03 bits per heavy atom. The summed E-state index contributed by atoms with van der Waals surface area (Å²) in [5, 5.41) is 16.2. The van der Waals surface area contributed by atoms with Gasteiger partial charge in [-0.25, -0.2) is 0 Å². The van der Waals surface area contributed by atoms with Gasteiger partial charge in [0.25, 0.3) is 0 Å². The minimum Gasteiger partial charge on any atom is -0.454 e. The van der Waals surface area contributed by atoms with E-state index in [0.29, 0.717) is 35.9 Å². The van der Waals surface area contributed by atoms with E-state index in [9.17, 15) is 9.90 Å². The zero-order chi connectivity index (χ0) is 20.2. The van der Waals surface area contributed by atoms with Crippen LogP contribution in [0.2, 0.25) is 5.02 Å². The Kier molecular flexibility index (Phi) is 4.47. The quantitative estimate of drug-likeness (QED) is 0.827. The summed E-state index contributed by atoms with van der Waals surface area (Å²) >= 11 is 5.93. The number of hydrogen-bond donors (Lipinski definition) is 1. The van der Waals surface area contributed by atoms with Gasteiger partial charge in [0.2, 0.25) is 12.7 Å². The third kappa shape index (κ3) is 3.26. The van der Waals surface area contributed by atoms with Gasteiger partial charge in [0.15, 0.2) is 11.5 Å². The summed E-state index contributed by atoms with van der Waals surface area (Å²) in [6.45, 7) is 2.63. The van der Waals surface area contributed by atoms with E-state index in [1.165, 1.54) is 0 Å². The van der Waals surface area contributed by atoms with Crippen LogP contribution in [0.25, 0.3) is 0 Å². The van der Waals surface area contributed by atoms with E-state index in [4.69, 9.17) is 21.1 Å². The van der Waals surface area contributed by atoms with Gasteiger partial charge in [-0.1, -0.05) is 24.6 Å². The molecule has 154 valence electrons. The zero-order valence-corrected chi connectivity index (χ0v) is 17.0. The molecule has 1 amide bonds. The monoisotopic (exact) mass is 417 g/mol. The summed E-state index contributed by atoms with van der Waals surface area (Å²) in [4.78, 5) is 15.2. The number of halogens is 1. The predicted octanol–water partition coefficient (Wildman–Crippen LogP) is 2.94. The van der Waals surface area contributed by atoms with E-state index in [2.05, 4.69) is 5.10 Å². The van der Waals surface area contributed by atoms with Crippen molar-refractivity contribution < 1.29 is 19.4 Å². The van der Waals surface area contributed by atoms with Crippen molar-refractivity contribution >= 4 is 17.5 Å². The van der Waals surface area contributed by atoms with Crippen molar-refractivity contribution in [3.8, 4) is 11.5 Å². The number of hydrogen-bond acceptors (Lipinski definition) is 5. The number of aromatic nitrogens is 2. The van der Waals surface area contributed by atoms with Gasteiger partial charge in [0.05, 0.1) is 29.3 Å². The maximum Gasteiger partial charge on any atom is 0.231 e. The highest BCUT2D eigenvalue weighted by atomic mass is 35.5. The Morgan fingerprint density at radius 1 is 1.31 bits per heavy atom. The first-order chi connectivity index (χ1) is 13.9. The minimum atomic E-state index is -0.956. The average Bonchev–Trinajstić information content (AvgIpc) is 3.39. The molecule has 1 aromatic carbocycles. The molecule has 0 radical (unpaired) electrons. The Bertz CT molecular complexity index is 932. The minimum absolute atomic E-state index is 0.0420. The molecule has 3 aliphatic rings. The lowest BCUT2D eigenvalue weighted by molar-refractivity contribution is -0.146. The van der Waals surface area contributed by atoms with Crippen LogP contribution in [0.4, 0.5) is 0 Å². The molecule has 2 saturated heterocycles. The molecular formula is C21H24ClN3O4. The third-order valence-corrected chi connectivity index (χ3v) is 6.61. The van der Waals surface area contributed by atoms with E-state index in [-0.39, 0.29) is 30.7 Å². The van der Waals surface area contributed by atoms with Gasteiger partial charge in [0, 0.05) is 31.1 Å². The molecule has 0 unspecified atom stereocenters. The highest BCUT2D eigenvalue weighted by Gasteiger charge is 2.50. The van der Waals surface area contributed by atoms with Gasteiger partial charge in [-0.2, -0.15) is 5.10 Å². The summed E-state index contributed by atoms with van der Waals surface area (Å²) in [6, 6.07) is 5.73. The lowest BCUT2D eigenvalue weighted by Crippen LogP contribution is -2.53. The molecule has 8 heteroatoms. The fourth-order valence-corrected chi connectivity index (χ4v) is 5.21. The summed E-state index contributed by atoms with van der Waals surface area (Å²) in [6.07, 6.45) is 6.22. The Hall–Kier alpha value is -2.25. The maximum atomic E-state index is 13.2. The second kappa shape index (κ2) is 6.92. The van der Waals surface area contributed by atoms with Crippen LogP contribution < -0.4 is 9.47 Å². The third-order valence-electron chi connectivity index (χ3n) is 6.42. The van der Waals surface area contributed by atoms with Crippen LogP contribution in [0.5, 0.6) is 11.5 Å². The summed E-state index contributed by atoms with van der Waals surface area (Å²) in [7, 11) is 0. The molecule has 0 saturated carbocycles. The van der Waals surface area contributed by atoms with Crippen LogP contribution >= 0.6 is 11.6 Å². The summed E-state index contributed by atoms with van der Waals surface area (Å²) < 4.78 is 12.6. The second-order valence-corrected chi connectivity index (χ2v) is 8.86. The van der Waals surface area contributed by atoms with Crippen LogP contribution in [0, 0.1) is 5.92 Å². The standard InChI is InChI=1S/C21H24ClN3O4/c1-13(10-24-11-15(22)9-23-24)20(26)25-16-3-4-17(25)8-21(27,7-16)14-2-5-18-19(6-14)29-12-28-18/h2,5-6,9,11,13,16-17,27H,3-4,7-8,10,12H2,1H3/t13-,16+,17+/m1/s1. The number of carbonyl (C=O) groups is 1. The van der Waals surface area contributed by atoms with Crippen molar-refractivity contribution in [3.63, 3.8) is 0 Å². The first-order valence-electron chi connectivity index (χ1n) is 10.1. The number of carbonyl (C=O) groups excluding carboxylic acids is 1. The molecule has 2 fully saturated rings. The summed E-state index contributed by atoms with van der Waals surface area (Å²) in [5.74, 6) is 1.30. The molecule has 0 spiro atoms. The highest BCUT2D eigenvalue weighted by molar-refractivity contribution is 6.30. The maximum absolute atomic E-state index is 13.2. The fourth-order valence-electron chi connectivity index (χ4n) is 5.06. The van der Waals surface area contributed by atoms with Gasteiger partial charge in [0.1, 0.15) is 0 Å². The van der Waals surface area contributed by atoms with Crippen LogP contribution in [0.15, 0.2) is 30.6 Å². The summed E-state index contributed by atoms with van der Waals surface area (Å²) in [5.41, 5.74) is -0.118. The van der Waals surface area contributed by atoms with Crippen molar-refractivity contribution in [1.29, 1.82) is 0 Å². The number of piperidine rings is 1. The van der Waals surface area contributed by atoms with E-state index in [1.807, 2.05) is 30.0 Å². The molecule has 0 aliphatic carbocycles. The molecule has 3 atom stereocenters. The number of ether oxygens (including phenoxy) is 2. The second-order valence-electron chi connectivity index (χ2n) is 8.42. The molecule has 3 aliphatic heterocycles. The Balaban J connectivity index is 1.32. The van der Waals surface area contributed by atoms with Crippen molar-refractivity contribution in [2.75, 3.05) is 6.79 Å². The first kappa shape index (κ1) is 18.8. The SMILES string of the molecule is C[C@H](Cn1cc(Cl)cn1)C(=O)N1[C@H]2CC[C@H]1CC(O)(c1ccc3c(c1)OCO3)C2. The van der Waals surface area contributed by atoms with Gasteiger partial charge in [-0.3, -0.25) is 9.48 Å². The lowest BCUT2D eigenvalue weighted by atomic mass is 9.80. The predicted molar refractivity (Wildman–Crippen MR) is 106 cm³/mol. The lowest BCUT2D eigenvalue weighted by Gasteiger charge is -2.45. The van der Waals surface area contributed by atoms with Gasteiger partial charge in [-0.15, -0.1) is 0 Å². The van der Waals surface area contributed by atoms with Crippen molar-refractivity contribution in [2.45, 2.75) is 56.8 Å². The molecule has 29 heavy (non-hydrogen) atoms. The zero-order valence-electron chi connectivity index (χ0n) is 16.3. The normalized spacial score (nSPS) is 28.6. The van der Waals surface area contributed by atoms with E-state index >= 15 is 0 Å². The van der Waals surface area contributed by atoms with Crippen molar-refractivity contribution in [2.24, 2.45) is 5.92 Å². The van der Waals surface area contributed by atoms with E-state index in [0.717, 1.165) is 18.4 Å². The number of amides is 1. The van der Waals surface area contributed by atoms with Crippen LogP contribution in [0.1, 0.15) is 38.2 Å². The highest BCUT2D eigenvalue weighted by Crippen LogP contribution is 2.48. The number of benzene rings is 1. The molecular weight excluding hydrogens is 394 g/mol. The van der Waals surface area contributed by atoms with E-state index < -0.39 is 5.60 Å². The first-order valence-corrected chi connectivity index (χ1v) is 10.4. The van der Waals surface area contributed by atoms with Crippen LogP contribution in [-0.4, -0.2) is 44.6 Å². The smallest absolute Gasteiger partial charge is 0.231 e. The molecule has 2 aromatic rings. The average molecular weight is 418 g/mol. The van der Waals surface area contributed by atoms with Gasteiger partial charge >= 0.3 is 0 Å². The molecule has 2 bridgehead atoms. The van der Waals surface area contributed by atoms with E-state index in [1.54, 1.807) is 17.1 Å². The Morgan fingerprint density at radius 3 is 2.72 bits per heavy atom. The fraction of sp³-hybridized carbons (Fsp3) is 0.524. The molecule has 4 heterocycles. The number of rotatable bonds is 4. The molecule has 7 nitrogen and oxygen atoms in total. The molecule has 1 N–H and O–H groups in total. The van der Waals surface area contributed by atoms with Crippen LogP contribution in [0.3, 0.4) is 0 Å². The Labute approximate surface area is 174 Å². The van der Waals surface area contributed by atoms with Gasteiger partial charge < -0.3 is 19.5 Å². The number of aliphatic hydroxyl groups is 1. The van der Waals surface area contributed by atoms with Crippen LogP contribution in [-0.2, 0) is 16.9 Å². The molecule has 5 rings (SSSR count). The van der Waals surface area contributed by atoms with Gasteiger partial charge in [-0.05, 0) is 30.5 Å². The van der Waals surface area contributed by atoms with Crippen molar-refractivity contribution in [3.05, 3.63) is 41.2 Å². The topological polar surface area (TPSA) is 76.8 Å². The molecule has 1 aromatic heterocycles. The number of fused-ring (bicyclic) bond motifs is 3. The largest absolute Gasteiger partial charge is 0.454 e. The number of nitrogens with zero attached hydrogens (tertiary/aromatic N) is 3. The van der Waals surface area contributed by atoms with Crippen molar-refractivity contribution in [1.82, 2.24) is 14.7 Å².